The highest BCUT2D eigenvalue weighted by Crippen LogP contribution is 2.43. The Bertz CT molecular complexity index is 776. The number of rotatable bonds is 4. The van der Waals surface area contributed by atoms with Crippen LogP contribution in [0.3, 0.4) is 0 Å². The van der Waals surface area contributed by atoms with Crippen LogP contribution in [0.1, 0.15) is 50.4 Å². The van der Waals surface area contributed by atoms with Crippen molar-refractivity contribution in [3.63, 3.8) is 0 Å². The molecule has 1 aliphatic heterocycles. The van der Waals surface area contributed by atoms with Gasteiger partial charge >= 0.3 is 0 Å². The van der Waals surface area contributed by atoms with Crippen LogP contribution in [0.25, 0.3) is 0 Å². The molecular weight excluding hydrogens is 344 g/mol. The summed E-state index contributed by atoms with van der Waals surface area (Å²) in [7, 11) is 0. The normalized spacial score (nSPS) is 24.2. The molecule has 0 saturated carbocycles. The summed E-state index contributed by atoms with van der Waals surface area (Å²) in [6.07, 6.45) is 5.42. The maximum Gasteiger partial charge on any atom is 0.150 e. The second-order valence-corrected chi connectivity index (χ2v) is 8.67. The van der Waals surface area contributed by atoms with Crippen LogP contribution in [0.5, 0.6) is 0 Å². The molecule has 138 valence electrons. The summed E-state index contributed by atoms with van der Waals surface area (Å²) in [6.45, 7) is 6.53. The lowest BCUT2D eigenvalue weighted by atomic mass is 9.78. The highest BCUT2D eigenvalue weighted by molar-refractivity contribution is 8.04. The van der Waals surface area contributed by atoms with E-state index in [1.807, 2.05) is 25.1 Å². The third kappa shape index (κ3) is 4.21. The largest absolute Gasteiger partial charge is 0.510 e. The number of allylic oxidation sites excluding steroid dienone is 3. The molecule has 0 fully saturated rings. The van der Waals surface area contributed by atoms with Gasteiger partial charge in [-0.05, 0) is 55.0 Å². The van der Waals surface area contributed by atoms with E-state index in [1.165, 1.54) is 10.6 Å². The maximum absolute atomic E-state index is 10.8. The van der Waals surface area contributed by atoms with E-state index in [0.29, 0.717) is 11.3 Å². The number of thioether (sulfide) groups is 1. The zero-order valence-electron chi connectivity index (χ0n) is 15.6. The first-order chi connectivity index (χ1) is 12.4. The molecule has 26 heavy (non-hydrogen) atoms. The van der Waals surface area contributed by atoms with Gasteiger partial charge in [-0.25, -0.2) is 0 Å². The van der Waals surface area contributed by atoms with Crippen LogP contribution in [0.15, 0.2) is 51.7 Å². The van der Waals surface area contributed by atoms with Crippen molar-refractivity contribution in [1.82, 2.24) is 5.32 Å². The fourth-order valence-electron chi connectivity index (χ4n) is 3.42. The minimum atomic E-state index is -0.0271. The number of nitrogens with zero attached hydrogens (tertiary/aromatic N) is 1. The number of hydrogen-bond donors (Lipinski definition) is 2. The molecule has 1 heterocycles. The van der Waals surface area contributed by atoms with Crippen molar-refractivity contribution < 1.29 is 9.90 Å². The topological polar surface area (TPSA) is 61.7 Å². The van der Waals surface area contributed by atoms with Gasteiger partial charge in [0.1, 0.15) is 12.0 Å². The Hall–Kier alpha value is -2.01. The molecule has 1 aromatic carbocycles. The lowest BCUT2D eigenvalue weighted by Gasteiger charge is -2.39. The van der Waals surface area contributed by atoms with E-state index in [1.54, 1.807) is 23.9 Å². The molecule has 1 unspecified atom stereocenters. The molecular formula is C21H26N2O2S. The summed E-state index contributed by atoms with van der Waals surface area (Å²) in [6, 6.07) is 7.34. The van der Waals surface area contributed by atoms with E-state index in [2.05, 4.69) is 19.2 Å². The number of nitrogens with one attached hydrogen (secondary N) is 1. The zero-order valence-corrected chi connectivity index (χ0v) is 16.4. The van der Waals surface area contributed by atoms with Crippen LogP contribution in [-0.2, 0) is 0 Å². The summed E-state index contributed by atoms with van der Waals surface area (Å²) in [5.41, 5.74) is 3.91. The van der Waals surface area contributed by atoms with Gasteiger partial charge in [0.2, 0.25) is 0 Å². The fraction of sp³-hybridized carbons (Fsp3) is 0.429. The van der Waals surface area contributed by atoms with Crippen molar-refractivity contribution in [3.05, 3.63) is 52.3 Å². The van der Waals surface area contributed by atoms with E-state index in [4.69, 9.17) is 4.99 Å². The molecule has 0 amide bonds. The SMILES string of the molecule is CC/C=C(/O)C1CSC2=C(CC(C)(C)C/C2=N\c2ccc(C=O)cc2)N1. The highest BCUT2D eigenvalue weighted by Gasteiger charge is 2.36. The average molecular weight is 371 g/mol. The van der Waals surface area contributed by atoms with E-state index >= 15 is 0 Å². The van der Waals surface area contributed by atoms with Gasteiger partial charge in [-0.1, -0.05) is 20.8 Å². The van der Waals surface area contributed by atoms with Crippen LogP contribution in [0.4, 0.5) is 5.69 Å². The standard InChI is InChI=1S/C21H26N2O2S/c1-4-5-19(25)18-13-26-20-16(10-21(2,3)11-17(20)23-18)22-15-8-6-14(12-24)7-9-15/h5-9,12,18,23,25H,4,10-11,13H2,1-3H3/b19-5+,22-16+. The second-order valence-electron chi connectivity index (χ2n) is 7.64. The van der Waals surface area contributed by atoms with Gasteiger partial charge in [0.15, 0.2) is 0 Å². The van der Waals surface area contributed by atoms with E-state index < -0.39 is 0 Å². The summed E-state index contributed by atoms with van der Waals surface area (Å²) < 4.78 is 0. The smallest absolute Gasteiger partial charge is 0.150 e. The minimum Gasteiger partial charge on any atom is -0.510 e. The van der Waals surface area contributed by atoms with Crippen molar-refractivity contribution in [1.29, 1.82) is 0 Å². The number of aliphatic hydroxyl groups is 1. The number of aliphatic imine (C=N–C) groups is 1. The Morgan fingerprint density at radius 2 is 2.08 bits per heavy atom. The molecule has 5 heteroatoms. The molecule has 2 aliphatic rings. The summed E-state index contributed by atoms with van der Waals surface area (Å²) in [5, 5.41) is 13.8. The predicted octanol–water partition coefficient (Wildman–Crippen LogP) is 5.16. The molecule has 0 saturated heterocycles. The lowest BCUT2D eigenvalue weighted by Crippen LogP contribution is -2.41. The van der Waals surface area contributed by atoms with Crippen LogP contribution < -0.4 is 5.32 Å². The Morgan fingerprint density at radius 1 is 1.35 bits per heavy atom. The van der Waals surface area contributed by atoms with E-state index in [-0.39, 0.29) is 11.5 Å². The Labute approximate surface area is 159 Å². The van der Waals surface area contributed by atoms with Crippen LogP contribution >= 0.6 is 11.8 Å². The maximum atomic E-state index is 10.8. The second kappa shape index (κ2) is 7.70. The third-order valence-corrected chi connectivity index (χ3v) is 5.91. The molecule has 1 aliphatic carbocycles. The minimum absolute atomic E-state index is 0.0271. The van der Waals surface area contributed by atoms with Gasteiger partial charge < -0.3 is 10.4 Å². The molecule has 0 radical (unpaired) electrons. The molecule has 1 atom stereocenters. The zero-order chi connectivity index (χ0) is 18.7. The van der Waals surface area contributed by atoms with Crippen molar-refractivity contribution >= 4 is 29.4 Å². The molecule has 4 nitrogen and oxygen atoms in total. The monoisotopic (exact) mass is 370 g/mol. The number of benzene rings is 1. The molecule has 0 aromatic heterocycles. The van der Waals surface area contributed by atoms with Crippen LogP contribution in [-0.4, -0.2) is 28.9 Å². The van der Waals surface area contributed by atoms with Gasteiger partial charge in [-0.3, -0.25) is 9.79 Å². The summed E-state index contributed by atoms with van der Waals surface area (Å²) in [4.78, 5) is 16.9. The number of hydrogen-bond acceptors (Lipinski definition) is 5. The predicted molar refractivity (Wildman–Crippen MR) is 109 cm³/mol. The first kappa shape index (κ1) is 18.8. The Kier molecular flexibility index (Phi) is 5.56. The van der Waals surface area contributed by atoms with Gasteiger partial charge in [0.25, 0.3) is 0 Å². The average Bonchev–Trinajstić information content (AvgIpc) is 2.61. The van der Waals surface area contributed by atoms with Crippen molar-refractivity contribution in [3.8, 4) is 0 Å². The Morgan fingerprint density at radius 3 is 2.73 bits per heavy atom. The van der Waals surface area contributed by atoms with Gasteiger partial charge in [-0.2, -0.15) is 0 Å². The molecule has 1 aromatic rings. The fourth-order valence-corrected chi connectivity index (χ4v) is 4.60. The van der Waals surface area contributed by atoms with Gasteiger partial charge in [0.05, 0.1) is 17.4 Å². The number of aldehydes is 1. The summed E-state index contributed by atoms with van der Waals surface area (Å²) >= 11 is 1.77. The quantitative estimate of drug-likeness (QED) is 0.568. The number of carbonyl (C=O) groups excluding carboxylic acids is 1. The van der Waals surface area contributed by atoms with Gasteiger partial charge in [0, 0.05) is 21.9 Å². The van der Waals surface area contributed by atoms with E-state index in [9.17, 15) is 9.90 Å². The highest BCUT2D eigenvalue weighted by atomic mass is 32.2. The van der Waals surface area contributed by atoms with Crippen molar-refractivity contribution in [2.75, 3.05) is 5.75 Å². The molecule has 2 N–H and O–H groups in total. The molecule has 0 spiro atoms. The summed E-state index contributed by atoms with van der Waals surface area (Å²) in [5.74, 6) is 1.22. The van der Waals surface area contributed by atoms with E-state index in [0.717, 1.165) is 42.7 Å². The third-order valence-electron chi connectivity index (χ3n) is 4.64. The number of aliphatic hydroxyl groups excluding tert-OH is 1. The van der Waals surface area contributed by atoms with Crippen molar-refractivity contribution in [2.24, 2.45) is 10.4 Å². The molecule has 0 bridgehead atoms. The first-order valence-corrected chi connectivity index (χ1v) is 10.0. The Balaban J connectivity index is 1.92. The van der Waals surface area contributed by atoms with Crippen LogP contribution in [0, 0.1) is 5.41 Å². The van der Waals surface area contributed by atoms with Crippen LogP contribution in [0.2, 0.25) is 0 Å². The molecule has 3 rings (SSSR count). The van der Waals surface area contributed by atoms with Gasteiger partial charge in [-0.15, -0.1) is 11.8 Å². The first-order valence-electron chi connectivity index (χ1n) is 9.06. The van der Waals surface area contributed by atoms with Crippen molar-refractivity contribution in [2.45, 2.75) is 46.1 Å². The number of carbonyl (C=O) groups is 1. The lowest BCUT2D eigenvalue weighted by molar-refractivity contribution is 0.112.